The summed E-state index contributed by atoms with van der Waals surface area (Å²) in [6, 6.07) is 4.41. The quantitative estimate of drug-likeness (QED) is 0.523. The second kappa shape index (κ2) is 6.62. The summed E-state index contributed by atoms with van der Waals surface area (Å²) in [5.41, 5.74) is 0.378. The second-order valence-corrected chi connectivity index (χ2v) is 9.20. The molecule has 108 valence electrons. The van der Waals surface area contributed by atoms with E-state index in [2.05, 4.69) is 0 Å². The summed E-state index contributed by atoms with van der Waals surface area (Å²) in [7, 11) is 0. The molecule has 2 unspecified atom stereocenters. The van der Waals surface area contributed by atoms with Crippen molar-refractivity contribution >= 4 is 92.8 Å². The van der Waals surface area contributed by atoms with E-state index in [1.807, 2.05) is 0 Å². The van der Waals surface area contributed by atoms with Crippen molar-refractivity contribution in [2.45, 2.75) is 18.3 Å². The Morgan fingerprint density at radius 2 is 1.32 bits per heavy atom. The predicted octanol–water partition coefficient (Wildman–Crippen LogP) is 6.69. The summed E-state index contributed by atoms with van der Waals surface area (Å²) in [5, 5.41) is 7.65. The highest BCUT2D eigenvalue weighted by atomic mass is 35.6. The van der Waals surface area contributed by atoms with Crippen LogP contribution >= 0.6 is 92.8 Å². The Bertz CT molecular complexity index is 450. The van der Waals surface area contributed by atoms with Crippen LogP contribution in [-0.2, 0) is 0 Å². The summed E-state index contributed by atoms with van der Waals surface area (Å²) in [6.07, 6.45) is 0. The molecule has 1 N–H and O–H groups in total. The van der Waals surface area contributed by atoms with Crippen LogP contribution < -0.4 is 0 Å². The Morgan fingerprint density at radius 1 is 0.842 bits per heavy atom. The number of aromatic hydroxyl groups is 1. The summed E-state index contributed by atoms with van der Waals surface area (Å²) >= 11 is 46.5. The summed E-state index contributed by atoms with van der Waals surface area (Å²) in [4.78, 5) is 0. The van der Waals surface area contributed by atoms with Crippen LogP contribution in [0.25, 0.3) is 0 Å². The molecule has 0 aliphatic carbocycles. The lowest BCUT2D eigenvalue weighted by atomic mass is 10.0. The largest absolute Gasteiger partial charge is 0.508 e. The fourth-order valence-electron chi connectivity index (χ4n) is 1.41. The lowest BCUT2D eigenvalue weighted by Crippen LogP contribution is -2.18. The molecule has 0 heterocycles. The molecule has 19 heavy (non-hydrogen) atoms. The SMILES string of the molecule is Oc1cccc(C(Cl)C(Cl)(Cl)Cl)c1C(Cl)C(Cl)(Cl)Cl. The van der Waals surface area contributed by atoms with E-state index in [1.54, 1.807) is 0 Å². The van der Waals surface area contributed by atoms with E-state index in [4.69, 9.17) is 92.8 Å². The van der Waals surface area contributed by atoms with Crippen molar-refractivity contribution in [2.24, 2.45) is 0 Å². The number of hydrogen-bond acceptors (Lipinski definition) is 1. The van der Waals surface area contributed by atoms with Gasteiger partial charge in [0.15, 0.2) is 0 Å². The van der Waals surface area contributed by atoms with Gasteiger partial charge in [-0.15, -0.1) is 23.2 Å². The molecule has 9 heteroatoms. The Hall–Kier alpha value is 1.34. The van der Waals surface area contributed by atoms with Crippen molar-refractivity contribution in [3.63, 3.8) is 0 Å². The highest BCUT2D eigenvalue weighted by molar-refractivity contribution is 6.71. The molecule has 0 spiro atoms. The van der Waals surface area contributed by atoms with Gasteiger partial charge in [-0.1, -0.05) is 81.7 Å². The Balaban J connectivity index is 3.39. The highest BCUT2D eigenvalue weighted by Gasteiger charge is 2.40. The van der Waals surface area contributed by atoms with Gasteiger partial charge in [0.2, 0.25) is 7.59 Å². The molecule has 1 aromatic carbocycles. The van der Waals surface area contributed by atoms with Gasteiger partial charge in [-0.25, -0.2) is 0 Å². The van der Waals surface area contributed by atoms with Gasteiger partial charge in [0, 0.05) is 5.56 Å². The lowest BCUT2D eigenvalue weighted by Gasteiger charge is -2.26. The van der Waals surface area contributed by atoms with Gasteiger partial charge >= 0.3 is 0 Å². The zero-order valence-electron chi connectivity index (χ0n) is 8.86. The van der Waals surface area contributed by atoms with Crippen LogP contribution in [0, 0.1) is 0 Å². The molecule has 0 aliphatic heterocycles. The molecule has 0 fully saturated rings. The zero-order valence-corrected chi connectivity index (χ0v) is 14.9. The Kier molecular flexibility index (Phi) is 6.41. The summed E-state index contributed by atoms with van der Waals surface area (Å²) in [6.45, 7) is 0. The van der Waals surface area contributed by atoms with Crippen LogP contribution in [-0.4, -0.2) is 12.7 Å². The average Bonchev–Trinajstić information content (AvgIpc) is 2.24. The standard InChI is InChI=1S/C10H6Cl8O/c11-7(9(13,14)15)4-2-1-3-5(19)6(4)8(12)10(16,17)18/h1-3,7-8,19H. The van der Waals surface area contributed by atoms with Crippen molar-refractivity contribution in [1.82, 2.24) is 0 Å². The van der Waals surface area contributed by atoms with Gasteiger partial charge in [0.25, 0.3) is 0 Å². The molecule has 0 saturated heterocycles. The third-order valence-corrected chi connectivity index (χ3v) is 5.31. The number of halogens is 8. The van der Waals surface area contributed by atoms with Crippen LogP contribution in [0.15, 0.2) is 18.2 Å². The minimum atomic E-state index is -1.86. The molecule has 0 amide bonds. The fourth-order valence-corrected chi connectivity index (χ4v) is 2.52. The van der Waals surface area contributed by atoms with Crippen molar-refractivity contribution in [3.05, 3.63) is 29.3 Å². The van der Waals surface area contributed by atoms with Crippen LogP contribution in [0.3, 0.4) is 0 Å². The first-order valence-electron chi connectivity index (χ1n) is 4.69. The van der Waals surface area contributed by atoms with Gasteiger partial charge in [-0.05, 0) is 11.6 Å². The van der Waals surface area contributed by atoms with Crippen molar-refractivity contribution < 1.29 is 5.11 Å². The van der Waals surface area contributed by atoms with Crippen molar-refractivity contribution in [2.75, 3.05) is 0 Å². The number of phenols is 1. The van der Waals surface area contributed by atoms with E-state index in [-0.39, 0.29) is 16.9 Å². The van der Waals surface area contributed by atoms with E-state index >= 15 is 0 Å². The number of rotatable bonds is 2. The summed E-state index contributed by atoms with van der Waals surface area (Å²) in [5.74, 6) is -0.205. The van der Waals surface area contributed by atoms with Gasteiger partial charge in [-0.2, -0.15) is 0 Å². The van der Waals surface area contributed by atoms with Crippen LogP contribution in [0.2, 0.25) is 0 Å². The molecule has 1 nitrogen and oxygen atoms in total. The molecular weight excluding hydrogens is 420 g/mol. The van der Waals surface area contributed by atoms with E-state index in [9.17, 15) is 5.11 Å². The molecule has 0 bridgehead atoms. The number of alkyl halides is 8. The van der Waals surface area contributed by atoms with Crippen LogP contribution in [0.5, 0.6) is 5.75 Å². The van der Waals surface area contributed by atoms with Crippen molar-refractivity contribution in [1.29, 1.82) is 0 Å². The molecule has 1 rings (SSSR count). The molecule has 0 aromatic heterocycles. The molecule has 0 radical (unpaired) electrons. The number of benzene rings is 1. The zero-order chi connectivity index (χ0) is 15.0. The number of phenolic OH excluding ortho intramolecular Hbond substituents is 1. The maximum atomic E-state index is 9.89. The first-order valence-corrected chi connectivity index (χ1v) is 7.83. The first-order chi connectivity index (χ1) is 8.46. The Labute approximate surface area is 150 Å². The van der Waals surface area contributed by atoms with Gasteiger partial charge in [-0.3, -0.25) is 0 Å². The van der Waals surface area contributed by atoms with Gasteiger partial charge < -0.3 is 5.11 Å². The van der Waals surface area contributed by atoms with Crippen LogP contribution in [0.1, 0.15) is 21.9 Å². The van der Waals surface area contributed by atoms with Crippen LogP contribution in [0.4, 0.5) is 0 Å². The van der Waals surface area contributed by atoms with E-state index in [0.717, 1.165) is 0 Å². The first kappa shape index (κ1) is 18.4. The second-order valence-electron chi connectivity index (χ2n) is 3.59. The highest BCUT2D eigenvalue weighted by Crippen LogP contribution is 2.52. The van der Waals surface area contributed by atoms with Gasteiger partial charge in [0.05, 0.1) is 0 Å². The average molecular weight is 426 g/mol. The molecule has 0 aliphatic rings. The molecule has 0 saturated carbocycles. The smallest absolute Gasteiger partial charge is 0.210 e. The van der Waals surface area contributed by atoms with E-state index < -0.39 is 18.3 Å². The topological polar surface area (TPSA) is 20.2 Å². The molecular formula is C10H6Cl8O. The third-order valence-electron chi connectivity index (χ3n) is 2.22. The monoisotopic (exact) mass is 422 g/mol. The molecule has 1 aromatic rings. The maximum absolute atomic E-state index is 9.89. The third kappa shape index (κ3) is 4.66. The minimum Gasteiger partial charge on any atom is -0.508 e. The van der Waals surface area contributed by atoms with E-state index in [1.165, 1.54) is 18.2 Å². The van der Waals surface area contributed by atoms with Gasteiger partial charge in [0.1, 0.15) is 16.5 Å². The number of hydrogen-bond donors (Lipinski definition) is 1. The lowest BCUT2D eigenvalue weighted by molar-refractivity contribution is 0.466. The maximum Gasteiger partial charge on any atom is 0.210 e. The van der Waals surface area contributed by atoms with E-state index in [0.29, 0.717) is 0 Å². The van der Waals surface area contributed by atoms with Crippen molar-refractivity contribution in [3.8, 4) is 5.75 Å². The molecule has 2 atom stereocenters. The predicted molar refractivity (Wildman–Crippen MR) is 85.9 cm³/mol. The summed E-state index contributed by atoms with van der Waals surface area (Å²) < 4.78 is -3.67. The Morgan fingerprint density at radius 3 is 1.74 bits per heavy atom. The normalized spacial score (nSPS) is 16.2. The fraction of sp³-hybridized carbons (Fsp3) is 0.400. The minimum absolute atomic E-state index is 0.107.